The lowest BCUT2D eigenvalue weighted by atomic mass is 10.2. The number of hydrogen-bond donors (Lipinski definition) is 1. The molecule has 1 aromatic carbocycles. The van der Waals surface area contributed by atoms with E-state index < -0.39 is 11.5 Å². The van der Waals surface area contributed by atoms with Gasteiger partial charge in [0, 0.05) is 12.6 Å². The number of anilines is 1. The molecular formula is C15H17N3O4. The second-order valence-electron chi connectivity index (χ2n) is 4.53. The highest BCUT2D eigenvalue weighted by atomic mass is 16.5. The standard InChI is InChI=1S/C15H17N3O4/c1-3-18-14(19)12(16)8-13(17-18)15(20)22-9-10-4-6-11(21-2)7-5-10/h4-8H,3,9,16H2,1-2H3. The summed E-state index contributed by atoms with van der Waals surface area (Å²) in [6.07, 6.45) is 0. The van der Waals surface area contributed by atoms with Crippen LogP contribution in [0.25, 0.3) is 0 Å². The van der Waals surface area contributed by atoms with Crippen LogP contribution in [-0.2, 0) is 17.9 Å². The zero-order valence-corrected chi connectivity index (χ0v) is 12.4. The number of esters is 1. The highest BCUT2D eigenvalue weighted by Crippen LogP contribution is 2.12. The average molecular weight is 303 g/mol. The summed E-state index contributed by atoms with van der Waals surface area (Å²) in [7, 11) is 1.58. The molecule has 0 radical (unpaired) electrons. The van der Waals surface area contributed by atoms with Crippen LogP contribution in [0.1, 0.15) is 23.0 Å². The van der Waals surface area contributed by atoms with E-state index >= 15 is 0 Å². The Labute approximate surface area is 127 Å². The first-order chi connectivity index (χ1) is 10.5. The number of benzene rings is 1. The second-order valence-corrected chi connectivity index (χ2v) is 4.53. The lowest BCUT2D eigenvalue weighted by Crippen LogP contribution is -2.27. The topological polar surface area (TPSA) is 96.4 Å². The fourth-order valence-electron chi connectivity index (χ4n) is 1.82. The predicted molar refractivity (Wildman–Crippen MR) is 80.7 cm³/mol. The maximum atomic E-state index is 12.0. The lowest BCUT2D eigenvalue weighted by Gasteiger charge is -2.08. The van der Waals surface area contributed by atoms with Crippen LogP contribution in [0.5, 0.6) is 5.75 Å². The summed E-state index contributed by atoms with van der Waals surface area (Å²) in [5.41, 5.74) is 5.94. The molecule has 2 rings (SSSR count). The van der Waals surface area contributed by atoms with Gasteiger partial charge in [-0.2, -0.15) is 5.10 Å². The number of nitrogens with zero attached hydrogens (tertiary/aromatic N) is 2. The zero-order chi connectivity index (χ0) is 16.1. The summed E-state index contributed by atoms with van der Waals surface area (Å²) in [5.74, 6) is 0.0873. The molecule has 116 valence electrons. The number of carbonyl (C=O) groups is 1. The Morgan fingerprint density at radius 1 is 1.32 bits per heavy atom. The molecule has 2 N–H and O–H groups in total. The van der Waals surface area contributed by atoms with E-state index in [2.05, 4.69) is 5.10 Å². The number of rotatable bonds is 5. The van der Waals surface area contributed by atoms with Crippen molar-refractivity contribution < 1.29 is 14.3 Å². The fourth-order valence-corrected chi connectivity index (χ4v) is 1.82. The van der Waals surface area contributed by atoms with Crippen molar-refractivity contribution in [1.82, 2.24) is 9.78 Å². The van der Waals surface area contributed by atoms with Gasteiger partial charge in [-0.15, -0.1) is 0 Å². The van der Waals surface area contributed by atoms with Crippen LogP contribution in [0, 0.1) is 0 Å². The minimum atomic E-state index is -0.635. The Kier molecular flexibility index (Phi) is 4.77. The highest BCUT2D eigenvalue weighted by Gasteiger charge is 2.13. The smallest absolute Gasteiger partial charge is 0.359 e. The van der Waals surface area contributed by atoms with Crippen molar-refractivity contribution in [3.63, 3.8) is 0 Å². The summed E-state index contributed by atoms with van der Waals surface area (Å²) >= 11 is 0. The Balaban J connectivity index is 2.08. The zero-order valence-electron chi connectivity index (χ0n) is 12.4. The average Bonchev–Trinajstić information content (AvgIpc) is 2.55. The molecule has 7 nitrogen and oxygen atoms in total. The molecule has 0 atom stereocenters. The number of ether oxygens (including phenoxy) is 2. The lowest BCUT2D eigenvalue weighted by molar-refractivity contribution is 0.0462. The number of aryl methyl sites for hydroxylation is 1. The van der Waals surface area contributed by atoms with Crippen molar-refractivity contribution in [2.45, 2.75) is 20.1 Å². The molecule has 1 heterocycles. The summed E-state index contributed by atoms with van der Waals surface area (Å²) < 4.78 is 11.3. The minimum Gasteiger partial charge on any atom is -0.497 e. The molecule has 0 spiro atoms. The molecule has 0 saturated carbocycles. The Bertz CT molecular complexity index is 723. The quantitative estimate of drug-likeness (QED) is 0.834. The van der Waals surface area contributed by atoms with Crippen LogP contribution in [-0.4, -0.2) is 22.9 Å². The predicted octanol–water partition coefficient (Wildman–Crippen LogP) is 1.21. The number of nitrogens with two attached hydrogens (primary N) is 1. The summed E-state index contributed by atoms with van der Waals surface area (Å²) in [6.45, 7) is 2.15. The number of hydrogen-bond acceptors (Lipinski definition) is 6. The molecule has 0 aliphatic carbocycles. The van der Waals surface area contributed by atoms with Crippen LogP contribution in [0.3, 0.4) is 0 Å². The van der Waals surface area contributed by atoms with Gasteiger partial charge in [-0.05, 0) is 24.6 Å². The van der Waals surface area contributed by atoms with Gasteiger partial charge in [0.15, 0.2) is 5.69 Å². The minimum absolute atomic E-state index is 0.00691. The van der Waals surface area contributed by atoms with Gasteiger partial charge in [0.05, 0.1) is 7.11 Å². The number of aromatic nitrogens is 2. The van der Waals surface area contributed by atoms with E-state index in [0.717, 1.165) is 16.0 Å². The van der Waals surface area contributed by atoms with E-state index in [1.54, 1.807) is 38.3 Å². The molecule has 0 saturated heterocycles. The summed E-state index contributed by atoms with van der Waals surface area (Å²) in [5, 5.41) is 3.92. The van der Waals surface area contributed by atoms with Crippen molar-refractivity contribution in [2.24, 2.45) is 0 Å². The molecule has 1 aromatic heterocycles. The third kappa shape index (κ3) is 3.43. The maximum Gasteiger partial charge on any atom is 0.359 e. The molecule has 0 aliphatic heterocycles. The van der Waals surface area contributed by atoms with Crippen LogP contribution in [0.4, 0.5) is 5.69 Å². The number of nitrogen functional groups attached to an aromatic ring is 1. The number of methoxy groups -OCH3 is 1. The molecule has 0 aliphatic rings. The molecule has 0 unspecified atom stereocenters. The maximum absolute atomic E-state index is 12.0. The normalized spacial score (nSPS) is 10.3. The van der Waals surface area contributed by atoms with Crippen LogP contribution in [0.15, 0.2) is 35.1 Å². The molecule has 7 heteroatoms. The molecule has 22 heavy (non-hydrogen) atoms. The largest absolute Gasteiger partial charge is 0.497 e. The first kappa shape index (κ1) is 15.6. The first-order valence-electron chi connectivity index (χ1n) is 6.72. The van der Waals surface area contributed by atoms with Crippen LogP contribution in [0.2, 0.25) is 0 Å². The van der Waals surface area contributed by atoms with E-state index in [-0.39, 0.29) is 18.0 Å². The highest BCUT2D eigenvalue weighted by molar-refractivity contribution is 5.87. The summed E-state index contributed by atoms with van der Waals surface area (Å²) in [6, 6.07) is 8.36. The van der Waals surface area contributed by atoms with Crippen LogP contribution >= 0.6 is 0 Å². The van der Waals surface area contributed by atoms with Gasteiger partial charge >= 0.3 is 5.97 Å². The Hall–Kier alpha value is -2.83. The van der Waals surface area contributed by atoms with Crippen molar-refractivity contribution >= 4 is 11.7 Å². The third-order valence-corrected chi connectivity index (χ3v) is 3.04. The van der Waals surface area contributed by atoms with Crippen molar-refractivity contribution in [3.05, 3.63) is 51.9 Å². The van der Waals surface area contributed by atoms with Crippen LogP contribution < -0.4 is 16.0 Å². The third-order valence-electron chi connectivity index (χ3n) is 3.04. The molecule has 0 amide bonds. The molecule has 0 bridgehead atoms. The van der Waals surface area contributed by atoms with E-state index in [9.17, 15) is 9.59 Å². The van der Waals surface area contributed by atoms with Gasteiger partial charge < -0.3 is 15.2 Å². The molecular weight excluding hydrogens is 286 g/mol. The van der Waals surface area contributed by atoms with Crippen molar-refractivity contribution in [1.29, 1.82) is 0 Å². The van der Waals surface area contributed by atoms with Crippen molar-refractivity contribution in [2.75, 3.05) is 12.8 Å². The van der Waals surface area contributed by atoms with E-state index in [1.165, 1.54) is 6.07 Å². The SMILES string of the molecule is CCn1nc(C(=O)OCc2ccc(OC)cc2)cc(N)c1=O. The molecule has 2 aromatic rings. The summed E-state index contributed by atoms with van der Waals surface area (Å²) in [4.78, 5) is 23.6. The van der Waals surface area contributed by atoms with E-state index in [0.29, 0.717) is 6.54 Å². The van der Waals surface area contributed by atoms with Gasteiger partial charge in [-0.1, -0.05) is 12.1 Å². The van der Waals surface area contributed by atoms with Gasteiger partial charge in [0.25, 0.3) is 5.56 Å². The van der Waals surface area contributed by atoms with E-state index in [1.807, 2.05) is 0 Å². The second kappa shape index (κ2) is 6.75. The van der Waals surface area contributed by atoms with Gasteiger partial charge in [-0.25, -0.2) is 9.48 Å². The van der Waals surface area contributed by atoms with Gasteiger partial charge in [0.2, 0.25) is 0 Å². The van der Waals surface area contributed by atoms with Gasteiger partial charge in [-0.3, -0.25) is 4.79 Å². The fraction of sp³-hybridized carbons (Fsp3) is 0.267. The Morgan fingerprint density at radius 2 is 2.00 bits per heavy atom. The number of carbonyl (C=O) groups excluding carboxylic acids is 1. The monoisotopic (exact) mass is 303 g/mol. The van der Waals surface area contributed by atoms with Crippen molar-refractivity contribution in [3.8, 4) is 5.75 Å². The van der Waals surface area contributed by atoms with Gasteiger partial charge in [0.1, 0.15) is 18.0 Å². The first-order valence-corrected chi connectivity index (χ1v) is 6.72. The Morgan fingerprint density at radius 3 is 2.59 bits per heavy atom. The van der Waals surface area contributed by atoms with E-state index in [4.69, 9.17) is 15.2 Å². The molecule has 0 fully saturated rings.